The summed E-state index contributed by atoms with van der Waals surface area (Å²) < 4.78 is 13.5. The molecule has 0 saturated carbocycles. The van der Waals surface area contributed by atoms with Crippen LogP contribution in [0.1, 0.15) is 5.56 Å². The Morgan fingerprint density at radius 1 is 1.47 bits per heavy atom. The fourth-order valence-electron chi connectivity index (χ4n) is 1.47. The summed E-state index contributed by atoms with van der Waals surface area (Å²) in [4.78, 5) is 23.4. The van der Waals surface area contributed by atoms with Crippen molar-refractivity contribution in [1.29, 1.82) is 0 Å². The summed E-state index contributed by atoms with van der Waals surface area (Å²) in [6.45, 7) is -0.688. The zero-order chi connectivity index (χ0) is 14.4. The average Bonchev–Trinajstić information content (AvgIpc) is 2.32. The molecule has 0 spiro atoms. The lowest BCUT2D eigenvalue weighted by Crippen LogP contribution is -2.37. The van der Waals surface area contributed by atoms with Gasteiger partial charge in [-0.1, -0.05) is 23.6 Å². The van der Waals surface area contributed by atoms with E-state index in [-0.39, 0.29) is 23.6 Å². The van der Waals surface area contributed by atoms with E-state index in [1.54, 1.807) is 0 Å². The summed E-state index contributed by atoms with van der Waals surface area (Å²) in [6, 6.07) is 4.05. The molecule has 1 amide bonds. The van der Waals surface area contributed by atoms with Crippen LogP contribution in [0.3, 0.4) is 0 Å². The quantitative estimate of drug-likeness (QED) is 0.835. The van der Waals surface area contributed by atoms with Gasteiger partial charge in [-0.15, -0.1) is 6.42 Å². The molecule has 1 rings (SSSR count). The smallest absolute Gasteiger partial charge is 0.323 e. The number of aliphatic carboxylic acids is 1. The molecule has 100 valence electrons. The van der Waals surface area contributed by atoms with Crippen molar-refractivity contribution >= 4 is 23.5 Å². The molecule has 0 bridgehead atoms. The number of halogens is 2. The number of amides is 1. The highest BCUT2D eigenvalue weighted by molar-refractivity contribution is 6.31. The first-order valence-electron chi connectivity index (χ1n) is 5.31. The lowest BCUT2D eigenvalue weighted by atomic mass is 10.1. The number of carboxylic acids is 1. The first-order valence-corrected chi connectivity index (χ1v) is 5.69. The molecule has 0 aromatic heterocycles. The van der Waals surface area contributed by atoms with E-state index in [0.717, 1.165) is 4.90 Å². The summed E-state index contributed by atoms with van der Waals surface area (Å²) in [5.74, 6) is -0.212. The maximum absolute atomic E-state index is 13.5. The average molecular weight is 284 g/mol. The normalized spacial score (nSPS) is 9.74. The molecule has 0 unspecified atom stereocenters. The SMILES string of the molecule is C#CCN(CC(=O)O)C(=O)Cc1c(F)cccc1Cl. The molecule has 4 nitrogen and oxygen atoms in total. The molecule has 1 N–H and O–H groups in total. The fourth-order valence-corrected chi connectivity index (χ4v) is 1.70. The lowest BCUT2D eigenvalue weighted by Gasteiger charge is -2.18. The first kappa shape index (κ1) is 15.0. The summed E-state index contributed by atoms with van der Waals surface area (Å²) in [5, 5.41) is 8.79. The summed E-state index contributed by atoms with van der Waals surface area (Å²) in [7, 11) is 0. The summed E-state index contributed by atoms with van der Waals surface area (Å²) in [6.07, 6.45) is 4.73. The van der Waals surface area contributed by atoms with Crippen LogP contribution < -0.4 is 0 Å². The minimum Gasteiger partial charge on any atom is -0.480 e. The highest BCUT2D eigenvalue weighted by atomic mass is 35.5. The Balaban J connectivity index is 2.87. The van der Waals surface area contributed by atoms with Crippen molar-refractivity contribution in [3.05, 3.63) is 34.6 Å². The third kappa shape index (κ3) is 4.27. The van der Waals surface area contributed by atoms with Crippen LogP contribution in [0.15, 0.2) is 18.2 Å². The van der Waals surface area contributed by atoms with E-state index < -0.39 is 24.2 Å². The van der Waals surface area contributed by atoms with Gasteiger partial charge in [0.15, 0.2) is 0 Å². The van der Waals surface area contributed by atoms with E-state index in [4.69, 9.17) is 23.1 Å². The van der Waals surface area contributed by atoms with Crippen LogP contribution in [0.25, 0.3) is 0 Å². The van der Waals surface area contributed by atoms with Gasteiger partial charge in [0.25, 0.3) is 0 Å². The number of nitrogens with zero attached hydrogens (tertiary/aromatic N) is 1. The van der Waals surface area contributed by atoms with Gasteiger partial charge in [0, 0.05) is 10.6 Å². The molecule has 1 aromatic carbocycles. The monoisotopic (exact) mass is 283 g/mol. The first-order chi connectivity index (χ1) is 8.95. The van der Waals surface area contributed by atoms with Crippen LogP contribution >= 0.6 is 11.6 Å². The topological polar surface area (TPSA) is 57.6 Å². The van der Waals surface area contributed by atoms with Gasteiger partial charge in [-0.3, -0.25) is 9.59 Å². The van der Waals surface area contributed by atoms with Gasteiger partial charge in [-0.2, -0.15) is 0 Å². The van der Waals surface area contributed by atoms with E-state index in [2.05, 4.69) is 5.92 Å². The van der Waals surface area contributed by atoms with Crippen LogP contribution in [0.4, 0.5) is 4.39 Å². The minimum atomic E-state index is -1.19. The molecule has 0 radical (unpaired) electrons. The van der Waals surface area contributed by atoms with E-state index >= 15 is 0 Å². The van der Waals surface area contributed by atoms with Gasteiger partial charge in [-0.25, -0.2) is 4.39 Å². The van der Waals surface area contributed by atoms with Gasteiger partial charge in [-0.05, 0) is 12.1 Å². The Kier molecular flexibility index (Phi) is 5.34. The van der Waals surface area contributed by atoms with Crippen molar-refractivity contribution in [2.24, 2.45) is 0 Å². The number of rotatable bonds is 5. The number of carbonyl (C=O) groups excluding carboxylic acids is 1. The van der Waals surface area contributed by atoms with Gasteiger partial charge < -0.3 is 10.0 Å². The second-order valence-electron chi connectivity index (χ2n) is 3.72. The molecule has 0 saturated heterocycles. The highest BCUT2D eigenvalue weighted by Crippen LogP contribution is 2.20. The second kappa shape index (κ2) is 6.76. The predicted octanol–water partition coefficient (Wildman–Crippen LogP) is 1.57. The molecule has 6 heteroatoms. The van der Waals surface area contributed by atoms with E-state index in [1.165, 1.54) is 18.2 Å². The molecule has 0 aliphatic heterocycles. The van der Waals surface area contributed by atoms with Crippen molar-refractivity contribution in [3.63, 3.8) is 0 Å². The van der Waals surface area contributed by atoms with Crippen molar-refractivity contribution in [3.8, 4) is 12.3 Å². The van der Waals surface area contributed by atoms with Crippen molar-refractivity contribution in [2.45, 2.75) is 6.42 Å². The Bertz CT molecular complexity index is 519. The Morgan fingerprint density at radius 2 is 2.16 bits per heavy atom. The summed E-state index contributed by atoms with van der Waals surface area (Å²) in [5.41, 5.74) is 0.0292. The van der Waals surface area contributed by atoms with E-state index in [9.17, 15) is 14.0 Å². The van der Waals surface area contributed by atoms with Crippen LogP contribution in [0, 0.1) is 18.2 Å². The number of terminal acetylenes is 1. The van der Waals surface area contributed by atoms with Gasteiger partial charge in [0.2, 0.25) is 5.91 Å². The third-order valence-corrected chi connectivity index (χ3v) is 2.70. The third-order valence-electron chi connectivity index (χ3n) is 2.35. The zero-order valence-electron chi connectivity index (χ0n) is 9.90. The van der Waals surface area contributed by atoms with Crippen molar-refractivity contribution in [2.75, 3.05) is 13.1 Å². The van der Waals surface area contributed by atoms with Crippen LogP contribution in [0.5, 0.6) is 0 Å². The summed E-state index contributed by atoms with van der Waals surface area (Å²) >= 11 is 5.79. The van der Waals surface area contributed by atoms with Crippen molar-refractivity contribution in [1.82, 2.24) is 4.90 Å². The number of hydrogen-bond acceptors (Lipinski definition) is 2. The second-order valence-corrected chi connectivity index (χ2v) is 4.13. The Labute approximate surface area is 114 Å². The predicted molar refractivity (Wildman–Crippen MR) is 68.2 cm³/mol. The maximum Gasteiger partial charge on any atom is 0.323 e. The molecular formula is C13H11ClFNO3. The number of carbonyl (C=O) groups is 2. The van der Waals surface area contributed by atoms with Crippen LogP contribution in [-0.4, -0.2) is 35.0 Å². The Morgan fingerprint density at radius 3 is 2.68 bits per heavy atom. The molecule has 0 heterocycles. The Hall–Kier alpha value is -2.06. The molecular weight excluding hydrogens is 273 g/mol. The molecule has 0 atom stereocenters. The van der Waals surface area contributed by atoms with Crippen LogP contribution in [-0.2, 0) is 16.0 Å². The van der Waals surface area contributed by atoms with Gasteiger partial charge in [0.05, 0.1) is 13.0 Å². The molecule has 0 aliphatic rings. The van der Waals surface area contributed by atoms with E-state index in [0.29, 0.717) is 0 Å². The van der Waals surface area contributed by atoms with Crippen LogP contribution in [0.2, 0.25) is 5.02 Å². The number of hydrogen-bond donors (Lipinski definition) is 1. The van der Waals surface area contributed by atoms with Crippen molar-refractivity contribution < 1.29 is 19.1 Å². The lowest BCUT2D eigenvalue weighted by molar-refractivity contribution is -0.143. The number of carboxylic acid groups (broad SMARTS) is 1. The van der Waals surface area contributed by atoms with E-state index in [1.807, 2.05) is 0 Å². The molecule has 0 aliphatic carbocycles. The van der Waals surface area contributed by atoms with Gasteiger partial charge in [0.1, 0.15) is 12.4 Å². The molecule has 19 heavy (non-hydrogen) atoms. The number of benzene rings is 1. The fraction of sp³-hybridized carbons (Fsp3) is 0.231. The molecule has 1 aromatic rings. The minimum absolute atomic E-state index is 0.0292. The largest absolute Gasteiger partial charge is 0.480 e. The zero-order valence-corrected chi connectivity index (χ0v) is 10.7. The molecule has 0 fully saturated rings. The highest BCUT2D eigenvalue weighted by Gasteiger charge is 2.19. The standard InChI is InChI=1S/C13H11ClFNO3/c1-2-6-16(8-13(18)19)12(17)7-9-10(14)4-3-5-11(9)15/h1,3-5H,6-8H2,(H,18,19). The maximum atomic E-state index is 13.5. The van der Waals surface area contributed by atoms with Gasteiger partial charge >= 0.3 is 5.97 Å².